The summed E-state index contributed by atoms with van der Waals surface area (Å²) in [5, 5.41) is 9.26. The summed E-state index contributed by atoms with van der Waals surface area (Å²) in [6.07, 6.45) is 0. The Labute approximate surface area is 154 Å². The standard InChI is InChI=1S/C21H15FO5/c22-17-12-19(27-21(25)15-9-5-2-6-10-15)18(11-16(17)13-23)26-20(24)14-7-3-1-4-8-14/h1-12,23H,13H2. The SMILES string of the molecule is O=C(Oc1cc(F)c(CO)cc1OC(=O)c1ccccc1)c1ccccc1. The first-order valence-electron chi connectivity index (χ1n) is 8.06. The molecule has 0 unspecified atom stereocenters. The van der Waals surface area contributed by atoms with Crippen LogP contribution in [-0.2, 0) is 6.61 Å². The van der Waals surface area contributed by atoms with Crippen LogP contribution in [0.5, 0.6) is 11.5 Å². The minimum absolute atomic E-state index is 0.0922. The summed E-state index contributed by atoms with van der Waals surface area (Å²) in [7, 11) is 0. The van der Waals surface area contributed by atoms with Crippen molar-refractivity contribution < 1.29 is 28.6 Å². The molecule has 0 heterocycles. The van der Waals surface area contributed by atoms with Gasteiger partial charge in [0.2, 0.25) is 0 Å². The normalized spacial score (nSPS) is 10.3. The number of hydrogen-bond donors (Lipinski definition) is 1. The van der Waals surface area contributed by atoms with Gasteiger partial charge in [-0.05, 0) is 30.3 Å². The Kier molecular flexibility index (Phi) is 5.58. The summed E-state index contributed by atoms with van der Waals surface area (Å²) in [6.45, 7) is -0.603. The lowest BCUT2D eigenvalue weighted by molar-refractivity contribution is 0.0681. The predicted octanol–water partition coefficient (Wildman–Crippen LogP) is 3.76. The first-order chi connectivity index (χ1) is 13.1. The van der Waals surface area contributed by atoms with E-state index in [-0.39, 0.29) is 28.2 Å². The molecule has 0 aliphatic heterocycles. The van der Waals surface area contributed by atoms with Crippen molar-refractivity contribution in [3.8, 4) is 11.5 Å². The van der Waals surface area contributed by atoms with Crippen molar-refractivity contribution in [1.82, 2.24) is 0 Å². The van der Waals surface area contributed by atoms with Crippen LogP contribution in [0.2, 0.25) is 0 Å². The largest absolute Gasteiger partial charge is 0.419 e. The predicted molar refractivity (Wildman–Crippen MR) is 95.1 cm³/mol. The molecular formula is C21H15FO5. The number of aliphatic hydroxyl groups excluding tert-OH is 1. The van der Waals surface area contributed by atoms with Gasteiger partial charge in [0, 0.05) is 11.6 Å². The maximum absolute atomic E-state index is 14.1. The third kappa shape index (κ3) is 4.37. The van der Waals surface area contributed by atoms with Crippen molar-refractivity contribution in [2.45, 2.75) is 6.61 Å². The van der Waals surface area contributed by atoms with E-state index < -0.39 is 24.4 Å². The highest BCUT2D eigenvalue weighted by Gasteiger charge is 2.19. The summed E-state index contributed by atoms with van der Waals surface area (Å²) >= 11 is 0. The Bertz CT molecular complexity index is 955. The Morgan fingerprint density at radius 2 is 1.22 bits per heavy atom. The first-order valence-corrected chi connectivity index (χ1v) is 8.06. The van der Waals surface area contributed by atoms with Gasteiger partial charge in [-0.2, -0.15) is 0 Å². The van der Waals surface area contributed by atoms with E-state index in [0.29, 0.717) is 0 Å². The molecule has 0 saturated heterocycles. The highest BCUT2D eigenvalue weighted by molar-refractivity contribution is 5.93. The third-order valence-corrected chi connectivity index (χ3v) is 3.71. The van der Waals surface area contributed by atoms with Crippen LogP contribution in [0.15, 0.2) is 72.8 Å². The number of carbonyl (C=O) groups is 2. The second-order valence-electron chi connectivity index (χ2n) is 5.56. The van der Waals surface area contributed by atoms with Gasteiger partial charge in [0.05, 0.1) is 17.7 Å². The number of rotatable bonds is 5. The fourth-order valence-electron chi connectivity index (χ4n) is 2.32. The summed E-state index contributed by atoms with van der Waals surface area (Å²) in [5.74, 6) is -2.65. The molecule has 0 aliphatic carbocycles. The number of esters is 2. The average molecular weight is 366 g/mol. The zero-order valence-electron chi connectivity index (χ0n) is 14.1. The third-order valence-electron chi connectivity index (χ3n) is 3.71. The van der Waals surface area contributed by atoms with Gasteiger partial charge in [0.1, 0.15) is 5.82 Å². The molecule has 6 heteroatoms. The van der Waals surface area contributed by atoms with Crippen molar-refractivity contribution in [2.75, 3.05) is 0 Å². The monoisotopic (exact) mass is 366 g/mol. The van der Waals surface area contributed by atoms with Crippen molar-refractivity contribution in [3.05, 3.63) is 95.3 Å². The van der Waals surface area contributed by atoms with Gasteiger partial charge in [0.25, 0.3) is 0 Å². The van der Waals surface area contributed by atoms with Crippen LogP contribution < -0.4 is 9.47 Å². The van der Waals surface area contributed by atoms with Gasteiger partial charge in [-0.3, -0.25) is 0 Å². The number of halogens is 1. The minimum atomic E-state index is -0.784. The smallest absolute Gasteiger partial charge is 0.343 e. The van der Waals surface area contributed by atoms with E-state index in [1.807, 2.05) is 0 Å². The molecule has 3 aromatic rings. The average Bonchev–Trinajstić information content (AvgIpc) is 2.71. The van der Waals surface area contributed by atoms with E-state index in [4.69, 9.17) is 9.47 Å². The van der Waals surface area contributed by atoms with E-state index in [2.05, 4.69) is 0 Å². The van der Waals surface area contributed by atoms with Crippen LogP contribution in [0.3, 0.4) is 0 Å². The number of carbonyl (C=O) groups excluding carboxylic acids is 2. The zero-order valence-corrected chi connectivity index (χ0v) is 14.1. The summed E-state index contributed by atoms with van der Waals surface area (Å²) in [5.41, 5.74) is 0.433. The van der Waals surface area contributed by atoms with E-state index in [9.17, 15) is 19.1 Å². The Hall–Kier alpha value is -3.51. The van der Waals surface area contributed by atoms with Gasteiger partial charge in [-0.25, -0.2) is 14.0 Å². The van der Waals surface area contributed by atoms with Gasteiger partial charge >= 0.3 is 11.9 Å². The lowest BCUT2D eigenvalue weighted by Gasteiger charge is -2.12. The van der Waals surface area contributed by atoms with Crippen molar-refractivity contribution in [3.63, 3.8) is 0 Å². The molecule has 0 bridgehead atoms. The molecule has 0 saturated carbocycles. The molecule has 1 N–H and O–H groups in total. The van der Waals surface area contributed by atoms with Crippen LogP contribution in [0.1, 0.15) is 26.3 Å². The fraction of sp³-hybridized carbons (Fsp3) is 0.0476. The molecule has 0 aliphatic rings. The first kappa shape index (κ1) is 18.3. The van der Waals surface area contributed by atoms with Crippen LogP contribution in [-0.4, -0.2) is 17.0 Å². The lowest BCUT2D eigenvalue weighted by atomic mass is 10.2. The van der Waals surface area contributed by atoms with Gasteiger partial charge < -0.3 is 14.6 Å². The van der Waals surface area contributed by atoms with Crippen LogP contribution >= 0.6 is 0 Å². The van der Waals surface area contributed by atoms with Gasteiger partial charge in [0.15, 0.2) is 11.5 Å². The molecule has 0 atom stereocenters. The Morgan fingerprint density at radius 1 is 0.778 bits per heavy atom. The molecule has 0 aromatic heterocycles. The molecule has 27 heavy (non-hydrogen) atoms. The second-order valence-corrected chi connectivity index (χ2v) is 5.56. The molecule has 3 aromatic carbocycles. The van der Waals surface area contributed by atoms with Crippen molar-refractivity contribution in [1.29, 1.82) is 0 Å². The summed E-state index contributed by atoms with van der Waals surface area (Å²) in [6, 6.07) is 18.3. The van der Waals surface area contributed by atoms with Crippen LogP contribution in [0, 0.1) is 5.82 Å². The van der Waals surface area contributed by atoms with Gasteiger partial charge in [-0.15, -0.1) is 0 Å². The molecule has 0 spiro atoms. The van der Waals surface area contributed by atoms with Crippen molar-refractivity contribution in [2.24, 2.45) is 0 Å². The Balaban J connectivity index is 1.91. The summed E-state index contributed by atoms with van der Waals surface area (Å²) < 4.78 is 24.5. The number of ether oxygens (including phenoxy) is 2. The van der Waals surface area contributed by atoms with Crippen LogP contribution in [0.4, 0.5) is 4.39 Å². The second kappa shape index (κ2) is 8.25. The number of hydrogen-bond acceptors (Lipinski definition) is 5. The zero-order chi connectivity index (χ0) is 19.2. The maximum Gasteiger partial charge on any atom is 0.343 e. The minimum Gasteiger partial charge on any atom is -0.419 e. The van der Waals surface area contributed by atoms with E-state index in [1.54, 1.807) is 48.5 Å². The number of aliphatic hydroxyl groups is 1. The topological polar surface area (TPSA) is 72.8 Å². The maximum atomic E-state index is 14.1. The van der Waals surface area contributed by atoms with E-state index in [0.717, 1.165) is 12.1 Å². The van der Waals surface area contributed by atoms with E-state index >= 15 is 0 Å². The highest BCUT2D eigenvalue weighted by atomic mass is 19.1. The molecule has 5 nitrogen and oxygen atoms in total. The molecular weight excluding hydrogens is 351 g/mol. The number of benzene rings is 3. The van der Waals surface area contributed by atoms with Crippen LogP contribution in [0.25, 0.3) is 0 Å². The molecule has 0 amide bonds. The molecule has 0 radical (unpaired) electrons. The van der Waals surface area contributed by atoms with Gasteiger partial charge in [-0.1, -0.05) is 36.4 Å². The Morgan fingerprint density at radius 3 is 1.67 bits per heavy atom. The molecule has 3 rings (SSSR count). The molecule has 0 fully saturated rings. The van der Waals surface area contributed by atoms with Crippen molar-refractivity contribution >= 4 is 11.9 Å². The fourth-order valence-corrected chi connectivity index (χ4v) is 2.32. The summed E-state index contributed by atoms with van der Waals surface area (Å²) in [4.78, 5) is 24.5. The lowest BCUT2D eigenvalue weighted by Crippen LogP contribution is -2.13. The quantitative estimate of drug-likeness (QED) is 0.550. The van der Waals surface area contributed by atoms with E-state index in [1.165, 1.54) is 12.1 Å². The molecule has 136 valence electrons. The highest BCUT2D eigenvalue weighted by Crippen LogP contribution is 2.32.